The topological polar surface area (TPSA) is 99.6 Å². The number of rotatable bonds is 5. The first-order valence-corrected chi connectivity index (χ1v) is 11.3. The van der Waals surface area contributed by atoms with E-state index < -0.39 is 30.9 Å². The summed E-state index contributed by atoms with van der Waals surface area (Å²) in [5, 5.41) is 7.19. The number of hydrogen-bond acceptors (Lipinski definition) is 5. The van der Waals surface area contributed by atoms with Crippen molar-refractivity contribution in [2.24, 2.45) is 7.05 Å². The van der Waals surface area contributed by atoms with Gasteiger partial charge < -0.3 is 5.32 Å². The van der Waals surface area contributed by atoms with Gasteiger partial charge in [0.25, 0.3) is 0 Å². The minimum absolute atomic E-state index is 0.427. The lowest BCUT2D eigenvalue weighted by Gasteiger charge is -2.08. The Balaban J connectivity index is 1.57. The summed E-state index contributed by atoms with van der Waals surface area (Å²) >= 11 is 0. The molecule has 0 bridgehead atoms. The number of aromatic nitrogens is 6. The lowest BCUT2D eigenvalue weighted by Crippen LogP contribution is -2.37. The SMILES string of the molecule is Cc1nn(C)c2cncc(-c3ccc(-n4c(=O)n(CC(=O)NCC(F)(F)F)c5cccc(C)c54)cn3)c12. The fraction of sp³-hybridized carbons (Fsp3) is 0.240. The molecule has 0 unspecified atom stereocenters. The van der Waals surface area contributed by atoms with E-state index in [0.29, 0.717) is 22.4 Å². The van der Waals surface area contributed by atoms with Crippen LogP contribution in [0.25, 0.3) is 38.9 Å². The zero-order valence-electron chi connectivity index (χ0n) is 20.2. The molecule has 0 spiro atoms. The molecule has 1 amide bonds. The number of carbonyl (C=O) groups excluding carboxylic acids is 1. The minimum Gasteiger partial charge on any atom is -0.345 e. The number of imidazole rings is 1. The number of amides is 1. The number of nitrogens with zero attached hydrogens (tertiary/aromatic N) is 6. The highest BCUT2D eigenvalue weighted by molar-refractivity contribution is 5.95. The summed E-state index contributed by atoms with van der Waals surface area (Å²) in [4.78, 5) is 34.5. The van der Waals surface area contributed by atoms with E-state index in [1.54, 1.807) is 47.5 Å². The Hall–Kier alpha value is -4.48. The average Bonchev–Trinajstić information content (AvgIpc) is 3.31. The summed E-state index contributed by atoms with van der Waals surface area (Å²) in [5.74, 6) is -0.916. The molecule has 0 saturated heterocycles. The highest BCUT2D eigenvalue weighted by Gasteiger charge is 2.28. The summed E-state index contributed by atoms with van der Waals surface area (Å²) < 4.78 is 41.9. The van der Waals surface area contributed by atoms with Gasteiger partial charge in [-0.3, -0.25) is 28.6 Å². The summed E-state index contributed by atoms with van der Waals surface area (Å²) in [7, 11) is 1.84. The molecule has 0 saturated carbocycles. The van der Waals surface area contributed by atoms with Crippen molar-refractivity contribution >= 4 is 27.8 Å². The molecule has 1 aromatic carbocycles. The van der Waals surface area contributed by atoms with Crippen LogP contribution >= 0.6 is 0 Å². The molecule has 0 aliphatic heterocycles. The van der Waals surface area contributed by atoms with E-state index in [0.717, 1.165) is 32.3 Å². The molecular formula is C25H22F3N7O2. The first-order valence-electron chi connectivity index (χ1n) is 11.3. The second kappa shape index (κ2) is 8.87. The Labute approximate surface area is 208 Å². The number of pyridine rings is 2. The van der Waals surface area contributed by atoms with Crippen molar-refractivity contribution in [3.63, 3.8) is 0 Å². The van der Waals surface area contributed by atoms with Crippen molar-refractivity contribution in [3.8, 4) is 16.9 Å². The zero-order chi connectivity index (χ0) is 26.5. The molecule has 4 heterocycles. The molecule has 12 heteroatoms. The van der Waals surface area contributed by atoms with Crippen molar-refractivity contribution in [1.82, 2.24) is 34.2 Å². The van der Waals surface area contributed by atoms with E-state index in [2.05, 4.69) is 15.1 Å². The maximum Gasteiger partial charge on any atom is 0.405 e. The molecule has 5 aromatic rings. The average molecular weight is 509 g/mol. The Morgan fingerprint density at radius 3 is 2.54 bits per heavy atom. The summed E-state index contributed by atoms with van der Waals surface area (Å²) in [5.41, 5.74) is 4.74. The smallest absolute Gasteiger partial charge is 0.345 e. The van der Waals surface area contributed by atoms with Gasteiger partial charge >= 0.3 is 11.9 Å². The molecule has 0 aliphatic carbocycles. The van der Waals surface area contributed by atoms with Crippen molar-refractivity contribution in [2.45, 2.75) is 26.6 Å². The van der Waals surface area contributed by atoms with Crippen LogP contribution in [0.1, 0.15) is 11.3 Å². The number of aryl methyl sites for hydroxylation is 3. The first kappa shape index (κ1) is 24.2. The molecule has 5 rings (SSSR count). The predicted molar refractivity (Wildman–Crippen MR) is 131 cm³/mol. The Morgan fingerprint density at radius 2 is 1.84 bits per heavy atom. The quantitative estimate of drug-likeness (QED) is 0.391. The molecule has 1 N–H and O–H groups in total. The largest absolute Gasteiger partial charge is 0.405 e. The number of carbonyl (C=O) groups is 1. The standard InChI is InChI=1S/C25H22F3N7O2/c1-14-5-4-6-19-23(14)35(24(37)34(19)12-21(36)31-13-25(26,27)28)16-7-8-18(30-9-16)17-10-29-11-20-22(17)15(2)32-33(20)3/h4-11H,12-13H2,1-3H3,(H,31,36). The minimum atomic E-state index is -4.55. The molecule has 0 aliphatic rings. The third kappa shape index (κ3) is 4.34. The number of halogens is 3. The Bertz CT molecular complexity index is 1710. The highest BCUT2D eigenvalue weighted by Crippen LogP contribution is 2.29. The van der Waals surface area contributed by atoms with Crippen LogP contribution in [-0.4, -0.2) is 47.5 Å². The van der Waals surface area contributed by atoms with Gasteiger partial charge in [0.15, 0.2) is 0 Å². The fourth-order valence-electron chi connectivity index (χ4n) is 4.54. The number of nitrogens with one attached hydrogen (secondary N) is 1. The lowest BCUT2D eigenvalue weighted by atomic mass is 10.1. The lowest BCUT2D eigenvalue weighted by molar-refractivity contribution is -0.138. The normalized spacial score (nSPS) is 11.9. The van der Waals surface area contributed by atoms with Gasteiger partial charge in [-0.2, -0.15) is 18.3 Å². The van der Waals surface area contributed by atoms with Crippen LogP contribution in [0.2, 0.25) is 0 Å². The van der Waals surface area contributed by atoms with E-state index in [9.17, 15) is 22.8 Å². The molecule has 190 valence electrons. The van der Waals surface area contributed by atoms with Crippen LogP contribution in [0.3, 0.4) is 0 Å². The van der Waals surface area contributed by atoms with Crippen molar-refractivity contribution in [2.75, 3.05) is 6.54 Å². The highest BCUT2D eigenvalue weighted by atomic mass is 19.4. The van der Waals surface area contributed by atoms with E-state index in [4.69, 9.17) is 0 Å². The number of hydrogen-bond donors (Lipinski definition) is 1. The van der Waals surface area contributed by atoms with Gasteiger partial charge in [-0.15, -0.1) is 0 Å². The molecule has 4 aromatic heterocycles. The molecule has 0 fully saturated rings. The van der Waals surface area contributed by atoms with Crippen LogP contribution in [0.15, 0.2) is 53.7 Å². The van der Waals surface area contributed by atoms with Gasteiger partial charge in [0.2, 0.25) is 5.91 Å². The van der Waals surface area contributed by atoms with Gasteiger partial charge in [0.1, 0.15) is 13.1 Å². The second-order valence-corrected chi connectivity index (χ2v) is 8.73. The zero-order valence-corrected chi connectivity index (χ0v) is 20.2. The Kier molecular flexibility index (Phi) is 5.81. The summed E-state index contributed by atoms with van der Waals surface area (Å²) in [6.07, 6.45) is 0.435. The molecule has 0 radical (unpaired) electrons. The van der Waals surface area contributed by atoms with Crippen molar-refractivity contribution in [1.29, 1.82) is 0 Å². The molecule has 9 nitrogen and oxygen atoms in total. The third-order valence-electron chi connectivity index (χ3n) is 6.16. The van der Waals surface area contributed by atoms with E-state index >= 15 is 0 Å². The van der Waals surface area contributed by atoms with Crippen LogP contribution < -0.4 is 11.0 Å². The second-order valence-electron chi connectivity index (χ2n) is 8.73. The maximum atomic E-state index is 13.4. The first-order chi connectivity index (χ1) is 17.5. The van der Waals surface area contributed by atoms with Gasteiger partial charge in [-0.05, 0) is 37.6 Å². The van der Waals surface area contributed by atoms with E-state index in [1.807, 2.05) is 32.3 Å². The summed E-state index contributed by atoms with van der Waals surface area (Å²) in [6.45, 7) is 1.69. The van der Waals surface area contributed by atoms with E-state index in [1.165, 1.54) is 4.57 Å². The van der Waals surface area contributed by atoms with E-state index in [-0.39, 0.29) is 0 Å². The van der Waals surface area contributed by atoms with Crippen LogP contribution in [0.5, 0.6) is 0 Å². The van der Waals surface area contributed by atoms with Gasteiger partial charge in [-0.25, -0.2) is 4.79 Å². The molecular weight excluding hydrogens is 487 g/mol. The third-order valence-corrected chi connectivity index (χ3v) is 6.16. The van der Waals surface area contributed by atoms with Gasteiger partial charge in [0.05, 0.1) is 46.0 Å². The summed E-state index contributed by atoms with van der Waals surface area (Å²) in [6, 6.07) is 8.68. The van der Waals surface area contributed by atoms with Gasteiger partial charge in [-0.1, -0.05) is 12.1 Å². The monoisotopic (exact) mass is 509 g/mol. The van der Waals surface area contributed by atoms with Crippen LogP contribution in [0.4, 0.5) is 13.2 Å². The molecule has 37 heavy (non-hydrogen) atoms. The van der Waals surface area contributed by atoms with Crippen molar-refractivity contribution in [3.05, 3.63) is 70.7 Å². The number of alkyl halides is 3. The van der Waals surface area contributed by atoms with Gasteiger partial charge in [0, 0.05) is 24.2 Å². The number of fused-ring (bicyclic) bond motifs is 2. The maximum absolute atomic E-state index is 13.4. The molecule has 0 atom stereocenters. The van der Waals surface area contributed by atoms with Crippen LogP contribution in [-0.2, 0) is 18.4 Å². The Morgan fingerprint density at radius 1 is 1.05 bits per heavy atom. The predicted octanol–water partition coefficient (Wildman–Crippen LogP) is 3.43. The van der Waals surface area contributed by atoms with Crippen molar-refractivity contribution < 1.29 is 18.0 Å². The number of benzene rings is 1. The van der Waals surface area contributed by atoms with Crippen LogP contribution in [0, 0.1) is 13.8 Å². The fourth-order valence-corrected chi connectivity index (χ4v) is 4.54. The number of para-hydroxylation sites is 1.